The second-order valence-corrected chi connectivity index (χ2v) is 5.42. The Morgan fingerprint density at radius 2 is 1.87 bits per heavy atom. The van der Waals surface area contributed by atoms with Crippen LogP contribution in [0.5, 0.6) is 0 Å². The number of hydrogen-bond acceptors (Lipinski definition) is 3. The van der Waals surface area contributed by atoms with Crippen LogP contribution in [0.3, 0.4) is 0 Å². The molecule has 2 heterocycles. The molecule has 3 nitrogen and oxygen atoms in total. The van der Waals surface area contributed by atoms with Gasteiger partial charge in [0, 0.05) is 44.4 Å². The summed E-state index contributed by atoms with van der Waals surface area (Å²) in [5, 5.41) is 9.13. The minimum Gasteiger partial charge on any atom is -0.396 e. The molecule has 2 atom stereocenters. The van der Waals surface area contributed by atoms with Gasteiger partial charge in [-0.3, -0.25) is 4.90 Å². The molecule has 0 amide bonds. The molecule has 1 N–H and O–H groups in total. The Kier molecular flexibility index (Phi) is 3.33. The molecule has 15 heavy (non-hydrogen) atoms. The van der Waals surface area contributed by atoms with Gasteiger partial charge < -0.3 is 9.84 Å². The predicted octanol–water partition coefficient (Wildman–Crippen LogP) is 1.12. The zero-order valence-electron chi connectivity index (χ0n) is 9.91. The number of ether oxygens (including phenoxy) is 1. The van der Waals surface area contributed by atoms with Crippen LogP contribution in [-0.4, -0.2) is 49.0 Å². The van der Waals surface area contributed by atoms with E-state index < -0.39 is 0 Å². The summed E-state index contributed by atoms with van der Waals surface area (Å²) in [6.07, 6.45) is 2.45. The van der Waals surface area contributed by atoms with Gasteiger partial charge in [0.15, 0.2) is 0 Å². The maximum Gasteiger partial charge on any atom is 0.0472 e. The first-order chi connectivity index (χ1) is 7.17. The lowest BCUT2D eigenvalue weighted by molar-refractivity contribution is -0.104. The van der Waals surface area contributed by atoms with Gasteiger partial charge >= 0.3 is 0 Å². The molecule has 1 spiro atoms. The maximum atomic E-state index is 9.13. The zero-order chi connectivity index (χ0) is 10.9. The third-order valence-electron chi connectivity index (χ3n) is 4.32. The molecule has 88 valence electrons. The lowest BCUT2D eigenvalue weighted by Crippen LogP contribution is -2.62. The molecule has 2 unspecified atom stereocenters. The summed E-state index contributed by atoms with van der Waals surface area (Å²) >= 11 is 0. The van der Waals surface area contributed by atoms with Crippen LogP contribution in [0.2, 0.25) is 0 Å². The van der Waals surface area contributed by atoms with E-state index in [1.807, 2.05) is 0 Å². The second kappa shape index (κ2) is 4.40. The molecule has 0 saturated carbocycles. The van der Waals surface area contributed by atoms with Gasteiger partial charge in [-0.05, 0) is 25.7 Å². The van der Waals surface area contributed by atoms with E-state index in [1.165, 1.54) is 25.9 Å². The third-order valence-corrected chi connectivity index (χ3v) is 4.32. The number of hydrogen-bond donors (Lipinski definition) is 1. The summed E-state index contributed by atoms with van der Waals surface area (Å²) < 4.78 is 5.41. The van der Waals surface area contributed by atoms with E-state index in [0.29, 0.717) is 24.0 Å². The molecule has 3 heteroatoms. The van der Waals surface area contributed by atoms with Gasteiger partial charge in [0.2, 0.25) is 0 Å². The third kappa shape index (κ3) is 2.19. The van der Waals surface area contributed by atoms with E-state index in [9.17, 15) is 0 Å². The van der Waals surface area contributed by atoms with Crippen LogP contribution in [0, 0.1) is 11.3 Å². The number of rotatable bonds is 3. The Hall–Kier alpha value is -0.120. The number of aliphatic hydroxyl groups excluding tert-OH is 1. The first-order valence-corrected chi connectivity index (χ1v) is 6.09. The summed E-state index contributed by atoms with van der Waals surface area (Å²) in [4.78, 5) is 2.51. The molecule has 0 aliphatic carbocycles. The van der Waals surface area contributed by atoms with Crippen LogP contribution >= 0.6 is 0 Å². The number of likely N-dealkylation sites (tertiary alicyclic amines) is 1. The van der Waals surface area contributed by atoms with E-state index in [2.05, 4.69) is 18.7 Å². The van der Waals surface area contributed by atoms with Gasteiger partial charge in [-0.25, -0.2) is 0 Å². The molecular weight excluding hydrogens is 190 g/mol. The number of aliphatic hydroxyl groups is 1. The van der Waals surface area contributed by atoms with Gasteiger partial charge in [0.1, 0.15) is 0 Å². The lowest BCUT2D eigenvalue weighted by Gasteiger charge is -2.55. The highest BCUT2D eigenvalue weighted by molar-refractivity contribution is 4.98. The molecule has 0 radical (unpaired) electrons. The SMILES string of the molecule is CC(CO)C(C)N1CC2(CCOCC2)C1. The highest BCUT2D eigenvalue weighted by Crippen LogP contribution is 2.41. The normalized spacial score (nSPS) is 29.8. The van der Waals surface area contributed by atoms with E-state index in [0.717, 1.165) is 13.2 Å². The van der Waals surface area contributed by atoms with Gasteiger partial charge in [-0.1, -0.05) is 6.92 Å². The first kappa shape index (κ1) is 11.4. The highest BCUT2D eigenvalue weighted by Gasteiger charge is 2.45. The van der Waals surface area contributed by atoms with Crippen LogP contribution < -0.4 is 0 Å². The average molecular weight is 213 g/mol. The fourth-order valence-electron chi connectivity index (χ4n) is 2.74. The van der Waals surface area contributed by atoms with Crippen molar-refractivity contribution in [2.24, 2.45) is 11.3 Å². The predicted molar refractivity (Wildman–Crippen MR) is 59.8 cm³/mol. The van der Waals surface area contributed by atoms with E-state index in [1.54, 1.807) is 0 Å². The van der Waals surface area contributed by atoms with E-state index in [4.69, 9.17) is 9.84 Å². The molecule has 0 aromatic rings. The van der Waals surface area contributed by atoms with E-state index >= 15 is 0 Å². The minimum absolute atomic E-state index is 0.299. The Morgan fingerprint density at radius 3 is 2.40 bits per heavy atom. The van der Waals surface area contributed by atoms with Gasteiger partial charge in [0.05, 0.1) is 0 Å². The summed E-state index contributed by atoms with van der Waals surface area (Å²) in [7, 11) is 0. The lowest BCUT2D eigenvalue weighted by atomic mass is 9.72. The second-order valence-electron chi connectivity index (χ2n) is 5.42. The average Bonchev–Trinajstić information content (AvgIpc) is 2.25. The Balaban J connectivity index is 1.81. The smallest absolute Gasteiger partial charge is 0.0472 e. The highest BCUT2D eigenvalue weighted by atomic mass is 16.5. The fourth-order valence-corrected chi connectivity index (χ4v) is 2.74. The van der Waals surface area contributed by atoms with Gasteiger partial charge in [0.25, 0.3) is 0 Å². The largest absolute Gasteiger partial charge is 0.396 e. The molecule has 2 saturated heterocycles. The molecule has 0 aromatic heterocycles. The molecule has 2 aliphatic heterocycles. The molecule has 2 rings (SSSR count). The molecule has 2 fully saturated rings. The van der Waals surface area contributed by atoms with Crippen molar-refractivity contribution in [3.63, 3.8) is 0 Å². The van der Waals surface area contributed by atoms with Gasteiger partial charge in [-0.15, -0.1) is 0 Å². The molecule has 0 bridgehead atoms. The summed E-state index contributed by atoms with van der Waals surface area (Å²) in [6.45, 7) is 8.96. The molecule has 2 aliphatic rings. The van der Waals surface area contributed by atoms with Crippen molar-refractivity contribution in [1.29, 1.82) is 0 Å². The standard InChI is InChI=1S/C12H23NO2/c1-10(7-14)11(2)13-8-12(9-13)3-5-15-6-4-12/h10-11,14H,3-9H2,1-2H3. The Morgan fingerprint density at radius 1 is 1.27 bits per heavy atom. The van der Waals surface area contributed by atoms with Crippen molar-refractivity contribution in [2.75, 3.05) is 32.9 Å². The zero-order valence-corrected chi connectivity index (χ0v) is 9.91. The van der Waals surface area contributed by atoms with Crippen molar-refractivity contribution in [1.82, 2.24) is 4.90 Å². The maximum absolute atomic E-state index is 9.13. The van der Waals surface area contributed by atoms with Gasteiger partial charge in [-0.2, -0.15) is 0 Å². The van der Waals surface area contributed by atoms with Crippen molar-refractivity contribution < 1.29 is 9.84 Å². The van der Waals surface area contributed by atoms with Crippen LogP contribution in [0.15, 0.2) is 0 Å². The van der Waals surface area contributed by atoms with Crippen molar-refractivity contribution in [3.8, 4) is 0 Å². The van der Waals surface area contributed by atoms with Crippen molar-refractivity contribution in [2.45, 2.75) is 32.7 Å². The van der Waals surface area contributed by atoms with Crippen LogP contribution in [0.4, 0.5) is 0 Å². The fraction of sp³-hybridized carbons (Fsp3) is 1.00. The first-order valence-electron chi connectivity index (χ1n) is 6.09. The molecular formula is C12H23NO2. The van der Waals surface area contributed by atoms with Crippen molar-refractivity contribution in [3.05, 3.63) is 0 Å². The van der Waals surface area contributed by atoms with Crippen LogP contribution in [0.25, 0.3) is 0 Å². The molecule has 0 aromatic carbocycles. The van der Waals surface area contributed by atoms with Crippen LogP contribution in [0.1, 0.15) is 26.7 Å². The summed E-state index contributed by atoms with van der Waals surface area (Å²) in [6, 6.07) is 0.517. The quantitative estimate of drug-likeness (QED) is 0.762. The number of nitrogens with zero attached hydrogens (tertiary/aromatic N) is 1. The topological polar surface area (TPSA) is 32.7 Å². The monoisotopic (exact) mass is 213 g/mol. The summed E-state index contributed by atoms with van der Waals surface area (Å²) in [5.74, 6) is 0.391. The van der Waals surface area contributed by atoms with Crippen LogP contribution in [-0.2, 0) is 4.74 Å². The Labute approximate surface area is 92.4 Å². The Bertz CT molecular complexity index is 206. The van der Waals surface area contributed by atoms with E-state index in [-0.39, 0.29) is 0 Å². The van der Waals surface area contributed by atoms with Crippen molar-refractivity contribution >= 4 is 0 Å². The minimum atomic E-state index is 0.299. The summed E-state index contributed by atoms with van der Waals surface area (Å²) in [5.41, 5.74) is 0.557.